The van der Waals surface area contributed by atoms with E-state index >= 15 is 0 Å². The van der Waals surface area contributed by atoms with E-state index in [1.807, 2.05) is 12.1 Å². The third-order valence-electron chi connectivity index (χ3n) is 4.73. The highest BCUT2D eigenvalue weighted by Gasteiger charge is 2.22. The fraction of sp³-hybridized carbons (Fsp3) is 0.684. The summed E-state index contributed by atoms with van der Waals surface area (Å²) in [5.41, 5.74) is 5.38. The number of primary amides is 1. The molecule has 0 unspecified atom stereocenters. The van der Waals surface area contributed by atoms with Gasteiger partial charge < -0.3 is 25.7 Å². The van der Waals surface area contributed by atoms with Gasteiger partial charge in [-0.15, -0.1) is 24.0 Å². The fourth-order valence-electron chi connectivity index (χ4n) is 3.18. The Bertz CT molecular complexity index is 542. The highest BCUT2D eigenvalue weighted by Crippen LogP contribution is 2.16. The number of furan rings is 1. The van der Waals surface area contributed by atoms with Crippen molar-refractivity contribution in [2.24, 2.45) is 16.6 Å². The number of carbonyl (C=O) groups is 1. The highest BCUT2D eigenvalue weighted by molar-refractivity contribution is 14.0. The molecule has 0 bridgehead atoms. The molecule has 1 aliphatic rings. The Balaban J connectivity index is 0.00000364. The van der Waals surface area contributed by atoms with Crippen LogP contribution in [0.15, 0.2) is 27.8 Å². The van der Waals surface area contributed by atoms with E-state index in [0.717, 1.165) is 83.1 Å². The molecule has 0 spiro atoms. The van der Waals surface area contributed by atoms with Gasteiger partial charge >= 0.3 is 0 Å². The van der Waals surface area contributed by atoms with Crippen molar-refractivity contribution in [2.45, 2.75) is 39.0 Å². The summed E-state index contributed by atoms with van der Waals surface area (Å²) in [4.78, 5) is 18.3. The Kier molecular flexibility index (Phi) is 12.2. The summed E-state index contributed by atoms with van der Waals surface area (Å²) in [5.74, 6) is 1.77. The topological polar surface area (TPSA) is 95.9 Å². The van der Waals surface area contributed by atoms with Gasteiger partial charge in [0.2, 0.25) is 5.91 Å². The Morgan fingerprint density at radius 2 is 2.11 bits per heavy atom. The molecule has 154 valence electrons. The fourth-order valence-corrected chi connectivity index (χ4v) is 3.18. The minimum absolute atomic E-state index is 0. The zero-order valence-corrected chi connectivity index (χ0v) is 18.6. The third-order valence-corrected chi connectivity index (χ3v) is 4.73. The molecule has 0 saturated carbocycles. The van der Waals surface area contributed by atoms with Crippen LogP contribution in [0.5, 0.6) is 0 Å². The van der Waals surface area contributed by atoms with Crippen molar-refractivity contribution in [1.29, 1.82) is 0 Å². The predicted molar refractivity (Wildman–Crippen MR) is 119 cm³/mol. The maximum Gasteiger partial charge on any atom is 0.220 e. The van der Waals surface area contributed by atoms with Crippen LogP contribution in [-0.4, -0.2) is 56.0 Å². The number of aliphatic imine (C=N–C) groups is 1. The molecule has 0 aromatic carbocycles. The first-order valence-electron chi connectivity index (χ1n) is 9.75. The average molecular weight is 491 g/mol. The molecule has 1 saturated heterocycles. The minimum atomic E-state index is -0.144. The number of nitrogens with zero attached hydrogens (tertiary/aromatic N) is 2. The summed E-state index contributed by atoms with van der Waals surface area (Å²) in [5, 5.41) is 6.61. The van der Waals surface area contributed by atoms with Crippen molar-refractivity contribution in [3.8, 4) is 0 Å². The van der Waals surface area contributed by atoms with Crippen LogP contribution in [0, 0.1) is 5.92 Å². The first-order valence-corrected chi connectivity index (χ1v) is 9.75. The van der Waals surface area contributed by atoms with Gasteiger partial charge in [0.1, 0.15) is 5.76 Å². The largest absolute Gasteiger partial charge is 0.469 e. The van der Waals surface area contributed by atoms with Crippen molar-refractivity contribution in [3.63, 3.8) is 0 Å². The van der Waals surface area contributed by atoms with E-state index in [1.54, 1.807) is 6.26 Å². The van der Waals surface area contributed by atoms with Crippen LogP contribution in [0.2, 0.25) is 0 Å². The molecule has 2 rings (SSSR count). The molecule has 1 aliphatic heterocycles. The molecule has 7 nitrogen and oxygen atoms in total. The van der Waals surface area contributed by atoms with Crippen LogP contribution in [0.3, 0.4) is 0 Å². The molecule has 0 radical (unpaired) electrons. The third kappa shape index (κ3) is 9.46. The number of unbranched alkanes of at least 4 members (excludes halogenated alkanes) is 1. The summed E-state index contributed by atoms with van der Waals surface area (Å²) in [6.45, 7) is 7.56. The number of nitrogens with one attached hydrogen (secondary N) is 2. The van der Waals surface area contributed by atoms with Gasteiger partial charge in [0.25, 0.3) is 0 Å². The number of carbonyl (C=O) groups excluding carboxylic acids is 1. The zero-order valence-electron chi connectivity index (χ0n) is 16.3. The maximum atomic E-state index is 11.2. The Morgan fingerprint density at radius 3 is 2.74 bits per heavy atom. The number of amides is 1. The normalized spacial score (nSPS) is 16.0. The number of hydrogen-bond acceptors (Lipinski definition) is 4. The monoisotopic (exact) mass is 491 g/mol. The van der Waals surface area contributed by atoms with Gasteiger partial charge in [-0.25, -0.2) is 0 Å². The number of nitrogens with two attached hydrogens (primary N) is 1. The summed E-state index contributed by atoms with van der Waals surface area (Å²) < 4.78 is 5.34. The smallest absolute Gasteiger partial charge is 0.220 e. The van der Waals surface area contributed by atoms with Crippen molar-refractivity contribution in [3.05, 3.63) is 24.2 Å². The Labute approximate surface area is 179 Å². The van der Waals surface area contributed by atoms with Crippen molar-refractivity contribution < 1.29 is 9.21 Å². The molecule has 4 N–H and O–H groups in total. The van der Waals surface area contributed by atoms with Gasteiger partial charge in [-0.1, -0.05) is 0 Å². The zero-order chi connectivity index (χ0) is 18.6. The van der Waals surface area contributed by atoms with Crippen LogP contribution < -0.4 is 16.4 Å². The van der Waals surface area contributed by atoms with Crippen molar-refractivity contribution in [1.82, 2.24) is 15.5 Å². The first-order chi connectivity index (χ1) is 12.7. The van der Waals surface area contributed by atoms with E-state index in [0.29, 0.717) is 0 Å². The standard InChI is InChI=1S/C19H33N5O2.HI/c1-2-21-19(23-11-7-17-6-5-15-26-17)22-10-3-4-12-24-13-8-16(9-14-24)18(20)25;/h5-6,15-16H,2-4,7-14H2,1H3,(H2,20,25)(H2,21,22,23);1H. The quantitative estimate of drug-likeness (QED) is 0.201. The first kappa shape index (κ1) is 23.7. The molecule has 1 aromatic rings. The van der Waals surface area contributed by atoms with Gasteiger partial charge in [-0.3, -0.25) is 9.79 Å². The lowest BCUT2D eigenvalue weighted by molar-refractivity contribution is -0.123. The molecule has 0 aliphatic carbocycles. The summed E-state index contributed by atoms with van der Waals surface area (Å²) >= 11 is 0. The number of piperidine rings is 1. The molecule has 1 fully saturated rings. The van der Waals surface area contributed by atoms with E-state index in [4.69, 9.17) is 10.2 Å². The number of halogens is 1. The van der Waals surface area contributed by atoms with Crippen LogP contribution in [-0.2, 0) is 11.2 Å². The van der Waals surface area contributed by atoms with Crippen LogP contribution in [0.1, 0.15) is 38.4 Å². The number of guanidine groups is 1. The molecule has 1 aromatic heterocycles. The average Bonchev–Trinajstić information content (AvgIpc) is 3.15. The molecular formula is C19H34IN5O2. The summed E-state index contributed by atoms with van der Waals surface area (Å²) in [7, 11) is 0. The second-order valence-electron chi connectivity index (χ2n) is 6.74. The van der Waals surface area contributed by atoms with Gasteiger partial charge in [0, 0.05) is 32.0 Å². The summed E-state index contributed by atoms with van der Waals surface area (Å²) in [6, 6.07) is 3.89. The van der Waals surface area contributed by atoms with E-state index in [9.17, 15) is 4.79 Å². The Hall–Kier alpha value is -1.29. The lowest BCUT2D eigenvalue weighted by Gasteiger charge is -2.30. The van der Waals surface area contributed by atoms with Gasteiger partial charge in [-0.2, -0.15) is 0 Å². The molecule has 2 heterocycles. The second-order valence-corrected chi connectivity index (χ2v) is 6.74. The highest BCUT2D eigenvalue weighted by atomic mass is 127. The minimum Gasteiger partial charge on any atom is -0.469 e. The van der Waals surface area contributed by atoms with E-state index in [2.05, 4.69) is 27.4 Å². The molecule has 27 heavy (non-hydrogen) atoms. The lowest BCUT2D eigenvalue weighted by atomic mass is 9.96. The van der Waals surface area contributed by atoms with Crippen LogP contribution in [0.4, 0.5) is 0 Å². The van der Waals surface area contributed by atoms with Crippen molar-refractivity contribution in [2.75, 3.05) is 39.3 Å². The van der Waals surface area contributed by atoms with E-state index in [-0.39, 0.29) is 35.8 Å². The van der Waals surface area contributed by atoms with Crippen LogP contribution in [0.25, 0.3) is 0 Å². The van der Waals surface area contributed by atoms with Crippen LogP contribution >= 0.6 is 24.0 Å². The summed E-state index contributed by atoms with van der Waals surface area (Å²) in [6.07, 6.45) is 6.53. The lowest BCUT2D eigenvalue weighted by Crippen LogP contribution is -2.39. The van der Waals surface area contributed by atoms with E-state index < -0.39 is 0 Å². The van der Waals surface area contributed by atoms with Gasteiger partial charge in [-0.05, 0) is 64.4 Å². The SMILES string of the molecule is CCNC(=NCCCCN1CCC(C(N)=O)CC1)NCCc1ccco1.I. The molecular weight excluding hydrogens is 457 g/mol. The van der Waals surface area contributed by atoms with Gasteiger partial charge in [0.05, 0.1) is 6.26 Å². The van der Waals surface area contributed by atoms with Crippen molar-refractivity contribution >= 4 is 35.8 Å². The Morgan fingerprint density at radius 1 is 1.33 bits per heavy atom. The predicted octanol–water partition coefficient (Wildman–Crippen LogP) is 1.97. The molecule has 1 amide bonds. The molecule has 0 atom stereocenters. The maximum absolute atomic E-state index is 11.2. The second kappa shape index (κ2) is 13.8. The van der Waals surface area contributed by atoms with E-state index in [1.165, 1.54) is 0 Å². The van der Waals surface area contributed by atoms with Gasteiger partial charge in [0.15, 0.2) is 5.96 Å². The number of likely N-dealkylation sites (tertiary alicyclic amines) is 1. The molecule has 8 heteroatoms. The number of hydrogen-bond donors (Lipinski definition) is 3. The number of rotatable bonds is 10.